The predicted molar refractivity (Wildman–Crippen MR) is 83.8 cm³/mol. The second-order valence-corrected chi connectivity index (χ2v) is 5.39. The quantitative estimate of drug-likeness (QED) is 0.862. The standard InChI is InChI=1S/C17H20N2O/c1-12(2)20-16-9-5-8-15(17(16)18)19-11-10-13-6-3-4-7-14(13)19/h3-9,12H,10-11,18H2,1-2H3. The zero-order chi connectivity index (χ0) is 14.1. The van der Waals surface area contributed by atoms with Crippen molar-refractivity contribution < 1.29 is 4.74 Å². The maximum atomic E-state index is 6.30. The van der Waals surface area contributed by atoms with E-state index in [9.17, 15) is 0 Å². The number of nitrogen functional groups attached to an aromatic ring is 1. The molecular formula is C17H20N2O. The highest BCUT2D eigenvalue weighted by molar-refractivity contribution is 5.81. The van der Waals surface area contributed by atoms with Gasteiger partial charge in [-0.25, -0.2) is 0 Å². The fourth-order valence-electron chi connectivity index (χ4n) is 2.71. The number of benzene rings is 2. The SMILES string of the molecule is CC(C)Oc1cccc(N2CCc3ccccc32)c1N. The molecule has 1 aliphatic rings. The molecule has 0 saturated carbocycles. The molecule has 0 aromatic heterocycles. The second-order valence-electron chi connectivity index (χ2n) is 5.39. The first kappa shape index (κ1) is 12.9. The molecule has 0 fully saturated rings. The van der Waals surface area contributed by atoms with Gasteiger partial charge in [-0.2, -0.15) is 0 Å². The normalized spacial score (nSPS) is 13.7. The number of nitrogens with two attached hydrogens (primary N) is 1. The third kappa shape index (κ3) is 2.20. The van der Waals surface area contributed by atoms with Crippen molar-refractivity contribution in [2.75, 3.05) is 17.2 Å². The highest BCUT2D eigenvalue weighted by atomic mass is 16.5. The molecule has 0 radical (unpaired) electrons. The Kier molecular flexibility index (Phi) is 3.26. The van der Waals surface area contributed by atoms with E-state index < -0.39 is 0 Å². The fraction of sp³-hybridized carbons (Fsp3) is 0.294. The van der Waals surface area contributed by atoms with Crippen molar-refractivity contribution in [2.45, 2.75) is 26.4 Å². The Morgan fingerprint density at radius 1 is 1.05 bits per heavy atom. The van der Waals surface area contributed by atoms with Crippen molar-refractivity contribution in [2.24, 2.45) is 0 Å². The summed E-state index contributed by atoms with van der Waals surface area (Å²) in [5.41, 5.74) is 10.7. The van der Waals surface area contributed by atoms with E-state index in [2.05, 4.69) is 35.2 Å². The van der Waals surface area contributed by atoms with Crippen LogP contribution in [0.25, 0.3) is 0 Å². The first-order chi connectivity index (χ1) is 9.66. The number of anilines is 3. The number of nitrogens with zero attached hydrogens (tertiary/aromatic N) is 1. The molecule has 2 aromatic carbocycles. The predicted octanol–water partition coefficient (Wildman–Crippen LogP) is 3.75. The number of hydrogen-bond donors (Lipinski definition) is 1. The highest BCUT2D eigenvalue weighted by Gasteiger charge is 2.22. The molecule has 2 N–H and O–H groups in total. The van der Waals surface area contributed by atoms with Crippen LogP contribution in [0, 0.1) is 0 Å². The summed E-state index contributed by atoms with van der Waals surface area (Å²) in [6, 6.07) is 14.5. The Morgan fingerprint density at radius 3 is 2.60 bits per heavy atom. The summed E-state index contributed by atoms with van der Waals surface area (Å²) in [5, 5.41) is 0. The Morgan fingerprint density at radius 2 is 1.80 bits per heavy atom. The van der Waals surface area contributed by atoms with E-state index >= 15 is 0 Å². The van der Waals surface area contributed by atoms with Gasteiger partial charge in [-0.05, 0) is 44.0 Å². The molecule has 3 heteroatoms. The van der Waals surface area contributed by atoms with Crippen molar-refractivity contribution >= 4 is 17.1 Å². The van der Waals surface area contributed by atoms with Crippen molar-refractivity contribution in [1.29, 1.82) is 0 Å². The van der Waals surface area contributed by atoms with Crippen LogP contribution in [0.3, 0.4) is 0 Å². The van der Waals surface area contributed by atoms with Crippen LogP contribution in [0.2, 0.25) is 0 Å². The van der Waals surface area contributed by atoms with Gasteiger partial charge in [0.25, 0.3) is 0 Å². The van der Waals surface area contributed by atoms with Gasteiger partial charge >= 0.3 is 0 Å². The van der Waals surface area contributed by atoms with Gasteiger partial charge in [0.2, 0.25) is 0 Å². The van der Waals surface area contributed by atoms with E-state index in [1.807, 2.05) is 26.0 Å². The Bertz CT molecular complexity index is 622. The largest absolute Gasteiger partial charge is 0.489 e. The third-order valence-electron chi connectivity index (χ3n) is 3.58. The van der Waals surface area contributed by atoms with Gasteiger partial charge in [-0.1, -0.05) is 24.3 Å². The molecule has 0 bridgehead atoms. The first-order valence-electron chi connectivity index (χ1n) is 7.07. The minimum Gasteiger partial charge on any atom is -0.489 e. The lowest BCUT2D eigenvalue weighted by atomic mass is 10.1. The lowest BCUT2D eigenvalue weighted by molar-refractivity contribution is 0.244. The Labute approximate surface area is 120 Å². The molecule has 0 atom stereocenters. The Balaban J connectivity index is 2.00. The summed E-state index contributed by atoms with van der Waals surface area (Å²) in [6.07, 6.45) is 1.18. The molecule has 20 heavy (non-hydrogen) atoms. The molecule has 0 unspecified atom stereocenters. The topological polar surface area (TPSA) is 38.5 Å². The van der Waals surface area contributed by atoms with E-state index in [0.29, 0.717) is 0 Å². The monoisotopic (exact) mass is 268 g/mol. The molecule has 3 nitrogen and oxygen atoms in total. The van der Waals surface area contributed by atoms with E-state index in [0.717, 1.165) is 30.1 Å². The molecule has 2 aromatic rings. The third-order valence-corrected chi connectivity index (χ3v) is 3.58. The fourth-order valence-corrected chi connectivity index (χ4v) is 2.71. The number of fused-ring (bicyclic) bond motifs is 1. The zero-order valence-corrected chi connectivity index (χ0v) is 12.0. The van der Waals surface area contributed by atoms with Crippen LogP contribution in [0.4, 0.5) is 17.1 Å². The average molecular weight is 268 g/mol. The lowest BCUT2D eigenvalue weighted by Crippen LogP contribution is -2.16. The number of hydrogen-bond acceptors (Lipinski definition) is 3. The van der Waals surface area contributed by atoms with Crippen LogP contribution >= 0.6 is 0 Å². The summed E-state index contributed by atoms with van der Waals surface area (Å²) in [4.78, 5) is 2.28. The Hall–Kier alpha value is -2.16. The molecular weight excluding hydrogens is 248 g/mol. The van der Waals surface area contributed by atoms with Crippen LogP contribution < -0.4 is 15.4 Å². The summed E-state index contributed by atoms with van der Waals surface area (Å²) in [7, 11) is 0. The number of para-hydroxylation sites is 2. The van der Waals surface area contributed by atoms with Gasteiger partial charge in [0.15, 0.2) is 0 Å². The van der Waals surface area contributed by atoms with Crippen LogP contribution in [0.1, 0.15) is 19.4 Å². The summed E-state index contributed by atoms with van der Waals surface area (Å²) in [6.45, 7) is 4.99. The van der Waals surface area contributed by atoms with Crippen LogP contribution in [-0.4, -0.2) is 12.6 Å². The number of rotatable bonds is 3. The zero-order valence-electron chi connectivity index (χ0n) is 12.0. The van der Waals surface area contributed by atoms with Crippen LogP contribution in [0.5, 0.6) is 5.75 Å². The highest BCUT2D eigenvalue weighted by Crippen LogP contribution is 2.40. The molecule has 0 spiro atoms. The minimum atomic E-state index is 0.124. The average Bonchev–Trinajstić information content (AvgIpc) is 2.85. The second kappa shape index (κ2) is 5.08. The van der Waals surface area contributed by atoms with Crippen molar-refractivity contribution in [1.82, 2.24) is 0 Å². The minimum absolute atomic E-state index is 0.124. The maximum Gasteiger partial charge on any atom is 0.144 e. The lowest BCUT2D eigenvalue weighted by Gasteiger charge is -2.23. The van der Waals surface area contributed by atoms with E-state index in [1.165, 1.54) is 11.3 Å². The first-order valence-corrected chi connectivity index (χ1v) is 7.07. The molecule has 0 amide bonds. The molecule has 1 heterocycles. The van der Waals surface area contributed by atoms with Gasteiger partial charge in [0.1, 0.15) is 5.75 Å². The van der Waals surface area contributed by atoms with E-state index in [4.69, 9.17) is 10.5 Å². The summed E-state index contributed by atoms with van der Waals surface area (Å²) in [5.74, 6) is 0.766. The molecule has 104 valence electrons. The molecule has 0 aliphatic carbocycles. The van der Waals surface area contributed by atoms with Gasteiger partial charge in [-0.15, -0.1) is 0 Å². The summed E-state index contributed by atoms with van der Waals surface area (Å²) < 4.78 is 5.78. The maximum absolute atomic E-state index is 6.30. The smallest absolute Gasteiger partial charge is 0.144 e. The molecule has 1 aliphatic heterocycles. The van der Waals surface area contributed by atoms with Gasteiger partial charge in [0.05, 0.1) is 17.5 Å². The van der Waals surface area contributed by atoms with Crippen LogP contribution in [0.15, 0.2) is 42.5 Å². The van der Waals surface area contributed by atoms with Gasteiger partial charge < -0.3 is 15.4 Å². The van der Waals surface area contributed by atoms with Crippen molar-refractivity contribution in [3.05, 3.63) is 48.0 Å². The number of ether oxygens (including phenoxy) is 1. The van der Waals surface area contributed by atoms with E-state index in [1.54, 1.807) is 0 Å². The van der Waals surface area contributed by atoms with Gasteiger partial charge in [0, 0.05) is 12.2 Å². The molecule has 3 rings (SSSR count). The van der Waals surface area contributed by atoms with Crippen molar-refractivity contribution in [3.63, 3.8) is 0 Å². The van der Waals surface area contributed by atoms with Crippen LogP contribution in [-0.2, 0) is 6.42 Å². The summed E-state index contributed by atoms with van der Waals surface area (Å²) >= 11 is 0. The van der Waals surface area contributed by atoms with Gasteiger partial charge in [-0.3, -0.25) is 0 Å². The van der Waals surface area contributed by atoms with Crippen molar-refractivity contribution in [3.8, 4) is 5.75 Å². The molecule has 0 saturated heterocycles. The van der Waals surface area contributed by atoms with E-state index in [-0.39, 0.29) is 6.10 Å².